The fourth-order valence-electron chi connectivity index (χ4n) is 2.20. The summed E-state index contributed by atoms with van der Waals surface area (Å²) in [5, 5.41) is 18.5. The van der Waals surface area contributed by atoms with Crippen molar-refractivity contribution in [1.82, 2.24) is 4.90 Å². The Kier molecular flexibility index (Phi) is 5.93. The molecule has 0 heterocycles. The first-order valence-corrected chi connectivity index (χ1v) is 6.70. The molecule has 5 heteroatoms. The minimum Gasteiger partial charge on any atom is -0.496 e. The lowest BCUT2D eigenvalue weighted by atomic mass is 10.1. The number of carbonyl (C=O) groups is 1. The molecule has 1 aromatic carbocycles. The first-order valence-electron chi connectivity index (χ1n) is 6.70. The van der Waals surface area contributed by atoms with Crippen LogP contribution >= 0.6 is 0 Å². The van der Waals surface area contributed by atoms with Crippen LogP contribution in [0, 0.1) is 0 Å². The molecule has 0 aromatic heterocycles. The maximum absolute atomic E-state index is 10.6. The average Bonchev–Trinajstić information content (AvgIpc) is 2.34. The molecule has 0 amide bonds. The van der Waals surface area contributed by atoms with Gasteiger partial charge in [0.1, 0.15) is 5.75 Å². The zero-order valence-electron chi connectivity index (χ0n) is 13.0. The highest BCUT2D eigenvalue weighted by Gasteiger charge is 2.15. The van der Waals surface area contributed by atoms with E-state index in [0.717, 1.165) is 11.6 Å². The number of ether oxygens (including phenoxy) is 1. The van der Waals surface area contributed by atoms with Gasteiger partial charge in [-0.25, -0.2) is 4.79 Å². The smallest absolute Gasteiger partial charge is 0.328 e. The number of likely N-dealkylation sites (N-methyl/N-ethyl adjacent to an activating group) is 1. The normalized spacial score (nSPS) is 12.1. The molecule has 1 aromatic rings. The third-order valence-electron chi connectivity index (χ3n) is 2.81. The number of nitrogens with zero attached hydrogens (tertiary/aromatic N) is 1. The summed E-state index contributed by atoms with van der Waals surface area (Å²) >= 11 is 0. The second kappa shape index (κ2) is 7.24. The SMILES string of the molecule is COc1ccc(CN(C)CC(C)(C)O)cc1C=CC(=O)O. The molecule has 21 heavy (non-hydrogen) atoms. The van der Waals surface area contributed by atoms with Crippen LogP contribution in [-0.4, -0.2) is 47.4 Å². The van der Waals surface area contributed by atoms with Crippen LogP contribution in [0.3, 0.4) is 0 Å². The molecule has 0 unspecified atom stereocenters. The summed E-state index contributed by atoms with van der Waals surface area (Å²) in [4.78, 5) is 12.6. The van der Waals surface area contributed by atoms with Crippen molar-refractivity contribution >= 4 is 12.0 Å². The van der Waals surface area contributed by atoms with Crippen LogP contribution in [0.15, 0.2) is 24.3 Å². The van der Waals surface area contributed by atoms with Crippen LogP contribution < -0.4 is 4.74 Å². The van der Waals surface area contributed by atoms with Gasteiger partial charge in [-0.3, -0.25) is 4.90 Å². The number of carboxylic acid groups (broad SMARTS) is 1. The first-order chi connectivity index (χ1) is 9.71. The van der Waals surface area contributed by atoms with E-state index in [0.29, 0.717) is 24.4 Å². The summed E-state index contributed by atoms with van der Waals surface area (Å²) < 4.78 is 5.22. The Bertz CT molecular complexity index is 517. The van der Waals surface area contributed by atoms with Crippen molar-refractivity contribution in [3.05, 3.63) is 35.4 Å². The average molecular weight is 293 g/mol. The second-order valence-corrected chi connectivity index (χ2v) is 5.73. The molecule has 0 aliphatic carbocycles. The number of rotatable bonds is 7. The lowest BCUT2D eigenvalue weighted by Crippen LogP contribution is -2.35. The van der Waals surface area contributed by atoms with Crippen molar-refractivity contribution in [1.29, 1.82) is 0 Å². The zero-order chi connectivity index (χ0) is 16.0. The summed E-state index contributed by atoms with van der Waals surface area (Å²) in [5.74, 6) is -0.372. The topological polar surface area (TPSA) is 70.0 Å². The first kappa shape index (κ1) is 17.2. The van der Waals surface area contributed by atoms with E-state index in [1.54, 1.807) is 21.0 Å². The van der Waals surface area contributed by atoms with E-state index in [1.165, 1.54) is 6.08 Å². The number of hydrogen-bond acceptors (Lipinski definition) is 4. The van der Waals surface area contributed by atoms with E-state index in [9.17, 15) is 9.90 Å². The van der Waals surface area contributed by atoms with Crippen molar-refractivity contribution in [3.63, 3.8) is 0 Å². The van der Waals surface area contributed by atoms with E-state index >= 15 is 0 Å². The fourth-order valence-corrected chi connectivity index (χ4v) is 2.20. The Balaban J connectivity index is 2.89. The lowest BCUT2D eigenvalue weighted by molar-refractivity contribution is -0.131. The van der Waals surface area contributed by atoms with Crippen molar-refractivity contribution in [2.75, 3.05) is 20.7 Å². The Morgan fingerprint density at radius 2 is 2.10 bits per heavy atom. The molecular formula is C16H23NO4. The number of aliphatic hydroxyl groups is 1. The molecule has 1 rings (SSSR count). The Labute approximate surface area is 125 Å². The molecule has 0 bridgehead atoms. The van der Waals surface area contributed by atoms with E-state index in [4.69, 9.17) is 9.84 Å². The molecule has 0 aliphatic rings. The summed E-state index contributed by atoms with van der Waals surface area (Å²) in [6, 6.07) is 5.63. The monoisotopic (exact) mass is 293 g/mol. The van der Waals surface area contributed by atoms with Gasteiger partial charge in [0.25, 0.3) is 0 Å². The minimum atomic E-state index is -0.999. The van der Waals surface area contributed by atoms with Crippen molar-refractivity contribution in [3.8, 4) is 5.75 Å². The van der Waals surface area contributed by atoms with Gasteiger partial charge in [0.2, 0.25) is 0 Å². The Morgan fingerprint density at radius 1 is 1.43 bits per heavy atom. The molecule has 0 saturated heterocycles. The van der Waals surface area contributed by atoms with Crippen LogP contribution in [0.5, 0.6) is 5.75 Å². The van der Waals surface area contributed by atoms with Gasteiger partial charge in [-0.2, -0.15) is 0 Å². The largest absolute Gasteiger partial charge is 0.496 e. The van der Waals surface area contributed by atoms with Gasteiger partial charge in [-0.05, 0) is 44.7 Å². The maximum Gasteiger partial charge on any atom is 0.328 e. The minimum absolute atomic E-state index is 0.541. The van der Waals surface area contributed by atoms with E-state index < -0.39 is 11.6 Å². The third-order valence-corrected chi connectivity index (χ3v) is 2.81. The Morgan fingerprint density at radius 3 is 2.62 bits per heavy atom. The predicted molar refractivity (Wildman–Crippen MR) is 82.3 cm³/mol. The van der Waals surface area contributed by atoms with Crippen LogP contribution in [0.4, 0.5) is 0 Å². The van der Waals surface area contributed by atoms with Gasteiger partial charge < -0.3 is 14.9 Å². The van der Waals surface area contributed by atoms with Crippen molar-refractivity contribution in [2.45, 2.75) is 26.0 Å². The van der Waals surface area contributed by atoms with Crippen molar-refractivity contribution < 1.29 is 19.7 Å². The second-order valence-electron chi connectivity index (χ2n) is 5.73. The molecular weight excluding hydrogens is 270 g/mol. The number of benzene rings is 1. The lowest BCUT2D eigenvalue weighted by Gasteiger charge is -2.25. The van der Waals surface area contributed by atoms with E-state index in [1.807, 2.05) is 30.1 Å². The molecule has 5 nitrogen and oxygen atoms in total. The van der Waals surface area contributed by atoms with Crippen LogP contribution in [0.2, 0.25) is 0 Å². The third kappa shape index (κ3) is 6.42. The van der Waals surface area contributed by atoms with Crippen LogP contribution in [0.25, 0.3) is 6.08 Å². The van der Waals surface area contributed by atoms with Gasteiger partial charge in [0, 0.05) is 24.7 Å². The molecule has 0 radical (unpaired) electrons. The highest BCUT2D eigenvalue weighted by Crippen LogP contribution is 2.22. The highest BCUT2D eigenvalue weighted by molar-refractivity contribution is 5.85. The molecule has 0 fully saturated rings. The fraction of sp³-hybridized carbons (Fsp3) is 0.438. The van der Waals surface area contributed by atoms with Gasteiger partial charge in [0.05, 0.1) is 12.7 Å². The van der Waals surface area contributed by atoms with Crippen LogP contribution in [-0.2, 0) is 11.3 Å². The van der Waals surface area contributed by atoms with E-state index in [2.05, 4.69) is 0 Å². The van der Waals surface area contributed by atoms with Gasteiger partial charge in [-0.15, -0.1) is 0 Å². The molecule has 2 N–H and O–H groups in total. The zero-order valence-corrected chi connectivity index (χ0v) is 13.0. The molecule has 0 spiro atoms. The molecule has 0 aliphatic heterocycles. The van der Waals surface area contributed by atoms with Gasteiger partial charge in [0.15, 0.2) is 0 Å². The predicted octanol–water partition coefficient (Wildman–Crippen LogP) is 2.00. The number of aliphatic carboxylic acids is 1. The van der Waals surface area contributed by atoms with Crippen LogP contribution in [0.1, 0.15) is 25.0 Å². The summed E-state index contributed by atoms with van der Waals surface area (Å²) in [6.45, 7) is 4.72. The number of methoxy groups -OCH3 is 1. The molecule has 0 atom stereocenters. The van der Waals surface area contributed by atoms with Gasteiger partial charge in [-0.1, -0.05) is 6.07 Å². The summed E-state index contributed by atoms with van der Waals surface area (Å²) in [6.07, 6.45) is 2.60. The van der Waals surface area contributed by atoms with E-state index in [-0.39, 0.29) is 0 Å². The standard InChI is InChI=1S/C16H23NO4/c1-16(2,20)11-17(3)10-12-5-7-14(21-4)13(9-12)6-8-15(18)19/h5-9,20H,10-11H2,1-4H3,(H,18,19). The van der Waals surface area contributed by atoms with Crippen molar-refractivity contribution in [2.24, 2.45) is 0 Å². The Hall–Kier alpha value is -1.85. The summed E-state index contributed by atoms with van der Waals surface area (Å²) in [7, 11) is 3.47. The quantitative estimate of drug-likeness (QED) is 0.752. The van der Waals surface area contributed by atoms with Gasteiger partial charge >= 0.3 is 5.97 Å². The number of carboxylic acids is 1. The number of hydrogen-bond donors (Lipinski definition) is 2. The molecule has 116 valence electrons. The maximum atomic E-state index is 10.6. The molecule has 0 saturated carbocycles. The highest BCUT2D eigenvalue weighted by atomic mass is 16.5. The summed E-state index contributed by atoms with van der Waals surface area (Å²) in [5.41, 5.74) is 0.981.